The molecule has 0 saturated carbocycles. The number of nitrogens with zero attached hydrogens (tertiary/aromatic N) is 4. The van der Waals surface area contributed by atoms with E-state index in [1.165, 1.54) is 50.9 Å². The first-order chi connectivity index (χ1) is 15.8. The molecule has 1 aliphatic rings. The van der Waals surface area contributed by atoms with Gasteiger partial charge in [0.25, 0.3) is 5.91 Å². The van der Waals surface area contributed by atoms with Crippen LogP contribution in [-0.2, 0) is 10.0 Å². The molecule has 33 heavy (non-hydrogen) atoms. The number of thiazole rings is 1. The molecule has 2 aromatic carbocycles. The van der Waals surface area contributed by atoms with Crippen molar-refractivity contribution in [2.45, 2.75) is 24.2 Å². The van der Waals surface area contributed by atoms with Gasteiger partial charge in [0.05, 0.1) is 9.60 Å². The molecule has 7 nitrogen and oxygen atoms in total. The number of para-hydroxylation sites is 1. The van der Waals surface area contributed by atoms with Crippen molar-refractivity contribution in [1.82, 2.24) is 14.2 Å². The molecular weight excluding hydrogens is 463 g/mol. The van der Waals surface area contributed by atoms with Gasteiger partial charge in [0.15, 0.2) is 5.13 Å². The van der Waals surface area contributed by atoms with Gasteiger partial charge in [0.1, 0.15) is 11.3 Å². The first kappa shape index (κ1) is 23.7. The summed E-state index contributed by atoms with van der Waals surface area (Å²) in [6, 6.07) is 10.8. The maximum Gasteiger partial charge on any atom is 0.260 e. The van der Waals surface area contributed by atoms with E-state index in [1.54, 1.807) is 12.1 Å². The lowest BCUT2D eigenvalue weighted by Gasteiger charge is -2.26. The van der Waals surface area contributed by atoms with Gasteiger partial charge in [-0.2, -0.15) is 4.31 Å². The third-order valence-corrected chi connectivity index (χ3v) is 8.62. The summed E-state index contributed by atoms with van der Waals surface area (Å²) >= 11 is 1.25. The molecule has 2 heterocycles. The zero-order chi connectivity index (χ0) is 23.6. The van der Waals surface area contributed by atoms with Gasteiger partial charge in [0, 0.05) is 31.7 Å². The summed E-state index contributed by atoms with van der Waals surface area (Å²) in [6.45, 7) is 2.00. The van der Waals surface area contributed by atoms with Gasteiger partial charge in [-0.05, 0) is 63.3 Å². The lowest BCUT2D eigenvalue weighted by atomic mass is 10.2. The minimum absolute atomic E-state index is 0.183. The molecule has 3 aromatic rings. The van der Waals surface area contributed by atoms with Gasteiger partial charge < -0.3 is 4.90 Å². The number of carbonyl (C=O) groups is 1. The molecule has 1 fully saturated rings. The number of likely N-dealkylation sites (N-methyl/N-ethyl adjacent to an activating group) is 1. The number of fused-ring (bicyclic) bond motifs is 1. The number of hydrogen-bond donors (Lipinski definition) is 0. The molecule has 0 N–H and O–H groups in total. The molecule has 0 atom stereocenters. The number of benzene rings is 2. The van der Waals surface area contributed by atoms with E-state index >= 15 is 0 Å². The molecule has 0 aliphatic carbocycles. The minimum atomic E-state index is -3.57. The number of aromatic nitrogens is 1. The highest BCUT2D eigenvalue weighted by atomic mass is 32.2. The molecule has 1 saturated heterocycles. The summed E-state index contributed by atoms with van der Waals surface area (Å²) in [5, 5.41) is 0.409. The topological polar surface area (TPSA) is 73.8 Å². The highest BCUT2D eigenvalue weighted by Crippen LogP contribution is 2.31. The quantitative estimate of drug-likeness (QED) is 0.504. The maximum atomic E-state index is 14.2. The number of sulfonamides is 1. The maximum absolute atomic E-state index is 14.2. The number of halogens is 1. The van der Waals surface area contributed by atoms with Crippen molar-refractivity contribution in [3.8, 4) is 0 Å². The Morgan fingerprint density at radius 1 is 1.06 bits per heavy atom. The molecule has 0 radical (unpaired) electrons. The second-order valence-corrected chi connectivity index (χ2v) is 11.3. The van der Waals surface area contributed by atoms with Crippen LogP contribution in [-0.4, -0.2) is 68.8 Å². The number of hydrogen-bond acceptors (Lipinski definition) is 6. The average molecular weight is 491 g/mol. The summed E-state index contributed by atoms with van der Waals surface area (Å²) in [4.78, 5) is 21.4. The monoisotopic (exact) mass is 490 g/mol. The van der Waals surface area contributed by atoms with Gasteiger partial charge in [-0.3, -0.25) is 9.69 Å². The van der Waals surface area contributed by atoms with Crippen LogP contribution in [0, 0.1) is 5.82 Å². The molecule has 10 heteroatoms. The zero-order valence-corrected chi connectivity index (χ0v) is 20.3. The van der Waals surface area contributed by atoms with E-state index in [1.807, 2.05) is 19.0 Å². The predicted octanol–water partition coefficient (Wildman–Crippen LogP) is 3.82. The van der Waals surface area contributed by atoms with Crippen LogP contribution in [0.5, 0.6) is 0 Å². The van der Waals surface area contributed by atoms with Crippen LogP contribution < -0.4 is 4.90 Å². The molecule has 1 aliphatic heterocycles. The Bertz CT molecular complexity index is 1240. The summed E-state index contributed by atoms with van der Waals surface area (Å²) in [5.74, 6) is -0.736. The van der Waals surface area contributed by atoms with Crippen molar-refractivity contribution < 1.29 is 17.6 Å². The lowest BCUT2D eigenvalue weighted by molar-refractivity contribution is 0.0985. The second-order valence-electron chi connectivity index (χ2n) is 8.33. The molecule has 0 spiro atoms. The van der Waals surface area contributed by atoms with Crippen LogP contribution in [0.4, 0.5) is 9.52 Å². The van der Waals surface area contributed by atoms with Gasteiger partial charge in [-0.15, -0.1) is 0 Å². The molecule has 4 rings (SSSR count). The van der Waals surface area contributed by atoms with Crippen molar-refractivity contribution in [2.24, 2.45) is 0 Å². The Morgan fingerprint density at radius 3 is 2.39 bits per heavy atom. The third kappa shape index (κ3) is 5.08. The highest BCUT2D eigenvalue weighted by Gasteiger charge is 2.27. The predicted molar refractivity (Wildman–Crippen MR) is 129 cm³/mol. The Labute approximate surface area is 197 Å². The average Bonchev–Trinajstić information content (AvgIpc) is 3.25. The summed E-state index contributed by atoms with van der Waals surface area (Å²) < 4.78 is 42.2. The van der Waals surface area contributed by atoms with Gasteiger partial charge in [-0.25, -0.2) is 17.8 Å². The summed E-state index contributed by atoms with van der Waals surface area (Å²) in [6.07, 6.45) is 2.76. The van der Waals surface area contributed by atoms with Gasteiger partial charge in [-0.1, -0.05) is 23.8 Å². The van der Waals surface area contributed by atoms with Crippen molar-refractivity contribution in [3.05, 3.63) is 53.8 Å². The van der Waals surface area contributed by atoms with Crippen molar-refractivity contribution >= 4 is 42.6 Å². The Hall–Kier alpha value is -2.40. The zero-order valence-electron chi connectivity index (χ0n) is 18.7. The van der Waals surface area contributed by atoms with Crippen molar-refractivity contribution in [1.29, 1.82) is 0 Å². The fraction of sp³-hybridized carbons (Fsp3) is 0.391. The van der Waals surface area contributed by atoms with Crippen molar-refractivity contribution in [2.75, 3.05) is 45.2 Å². The first-order valence-corrected chi connectivity index (χ1v) is 13.1. The smallest absolute Gasteiger partial charge is 0.260 e. The SMILES string of the molecule is CN(C)CCN(C(=O)c1ccc(S(=O)(=O)N2CCCCC2)cc1)c1nc2c(F)cccc2s1. The van der Waals surface area contributed by atoms with Crippen molar-refractivity contribution in [3.63, 3.8) is 0 Å². The third-order valence-electron chi connectivity index (χ3n) is 5.66. The number of piperidine rings is 1. The molecule has 0 bridgehead atoms. The fourth-order valence-corrected chi connectivity index (χ4v) is 6.30. The first-order valence-electron chi connectivity index (χ1n) is 10.9. The normalized spacial score (nSPS) is 15.3. The number of carbonyl (C=O) groups excluding carboxylic acids is 1. The standard InChI is InChI=1S/C23H27FN4O3S2/c1-26(2)15-16-28(23-25-21-19(24)7-6-8-20(21)32-23)22(29)17-9-11-18(12-10-17)33(30,31)27-13-4-3-5-14-27/h6-12H,3-5,13-16H2,1-2H3. The van der Waals surface area contributed by atoms with E-state index in [0.29, 0.717) is 41.6 Å². The van der Waals surface area contributed by atoms with Gasteiger partial charge >= 0.3 is 0 Å². The largest absolute Gasteiger partial charge is 0.308 e. The lowest BCUT2D eigenvalue weighted by Crippen LogP contribution is -2.37. The van der Waals surface area contributed by atoms with Crippen LogP contribution in [0.1, 0.15) is 29.6 Å². The second kappa shape index (κ2) is 9.84. The Morgan fingerprint density at radius 2 is 1.76 bits per heavy atom. The fourth-order valence-electron chi connectivity index (χ4n) is 3.78. The van der Waals surface area contributed by atoms with Gasteiger partial charge in [0.2, 0.25) is 10.0 Å². The summed E-state index contributed by atoms with van der Waals surface area (Å²) in [5.41, 5.74) is 0.592. The Kier molecular flexibility index (Phi) is 7.08. The molecular formula is C23H27FN4O3S2. The summed E-state index contributed by atoms with van der Waals surface area (Å²) in [7, 11) is 0.237. The Balaban J connectivity index is 1.62. The van der Waals surface area contributed by atoms with E-state index < -0.39 is 15.8 Å². The minimum Gasteiger partial charge on any atom is -0.308 e. The van der Waals surface area contributed by atoms with E-state index in [0.717, 1.165) is 19.3 Å². The number of amides is 1. The molecule has 176 valence electrons. The van der Waals surface area contributed by atoms with Crippen LogP contribution >= 0.6 is 11.3 Å². The van der Waals surface area contributed by atoms with Crippen LogP contribution in [0.2, 0.25) is 0 Å². The van der Waals surface area contributed by atoms with E-state index in [4.69, 9.17) is 0 Å². The van der Waals surface area contributed by atoms with E-state index in [9.17, 15) is 17.6 Å². The van der Waals surface area contributed by atoms with E-state index in [-0.39, 0.29) is 16.3 Å². The van der Waals surface area contributed by atoms with Crippen LogP contribution in [0.3, 0.4) is 0 Å². The molecule has 1 aromatic heterocycles. The van der Waals surface area contributed by atoms with E-state index in [2.05, 4.69) is 4.98 Å². The van der Waals surface area contributed by atoms with Crippen LogP contribution in [0.15, 0.2) is 47.4 Å². The number of rotatable bonds is 7. The highest BCUT2D eigenvalue weighted by molar-refractivity contribution is 7.89. The number of anilines is 1. The van der Waals surface area contributed by atoms with Crippen LogP contribution in [0.25, 0.3) is 10.2 Å². The molecule has 1 amide bonds. The molecule has 0 unspecified atom stereocenters.